The van der Waals surface area contributed by atoms with Crippen LogP contribution in [0.4, 0.5) is 11.4 Å². The summed E-state index contributed by atoms with van der Waals surface area (Å²) in [5.74, 6) is -0.194. The number of hydrogen-bond donors (Lipinski definition) is 0. The number of carbonyl (C=O) groups excluding carboxylic acids is 2. The average molecular weight is 431 g/mol. The van der Waals surface area contributed by atoms with Crippen LogP contribution in [0.25, 0.3) is 0 Å². The van der Waals surface area contributed by atoms with Crippen LogP contribution in [0.5, 0.6) is 0 Å². The van der Waals surface area contributed by atoms with Gasteiger partial charge in [-0.3, -0.25) is 14.5 Å². The highest BCUT2D eigenvalue weighted by Gasteiger charge is 2.41. The summed E-state index contributed by atoms with van der Waals surface area (Å²) in [6.45, 7) is 6.09. The molecule has 5 heteroatoms. The zero-order valence-electron chi connectivity index (χ0n) is 18.3. The van der Waals surface area contributed by atoms with Gasteiger partial charge < -0.3 is 4.90 Å². The van der Waals surface area contributed by atoms with Crippen LogP contribution in [0.1, 0.15) is 28.3 Å². The van der Waals surface area contributed by atoms with Crippen molar-refractivity contribution in [1.82, 2.24) is 0 Å². The first kappa shape index (κ1) is 21.2. The van der Waals surface area contributed by atoms with Crippen molar-refractivity contribution in [3.63, 3.8) is 0 Å². The van der Waals surface area contributed by atoms with E-state index in [1.165, 1.54) is 0 Å². The molecular weight excluding hydrogens is 404 g/mol. The quantitative estimate of drug-likeness (QED) is 0.517. The van der Waals surface area contributed by atoms with E-state index in [0.717, 1.165) is 38.5 Å². The molecule has 158 valence electrons. The lowest BCUT2D eigenvalue weighted by molar-refractivity contribution is -0.128. The van der Waals surface area contributed by atoms with Gasteiger partial charge in [0.05, 0.1) is 0 Å². The topological polar surface area (TPSA) is 40.6 Å². The number of benzene rings is 3. The monoisotopic (exact) mass is 430 g/mol. The number of hydrogen-bond acceptors (Lipinski definition) is 3. The zero-order valence-corrected chi connectivity index (χ0v) is 19.1. The standard InChI is InChI=1S/C26H26N2O2S/c1-17-5-10-21(11-6-17)27-16-24(29)28(22-12-7-18(2)19(3)15-22)25(26(27)30)20-8-13-23(31-4)14-9-20/h5-15,25H,16H2,1-4H3/t25-/m1/s1. The molecule has 1 aliphatic heterocycles. The molecular formula is C26H26N2O2S. The molecule has 1 saturated heterocycles. The van der Waals surface area contributed by atoms with Gasteiger partial charge in [-0.15, -0.1) is 11.8 Å². The normalized spacial score (nSPS) is 16.7. The fourth-order valence-corrected chi connectivity index (χ4v) is 4.29. The van der Waals surface area contributed by atoms with E-state index in [9.17, 15) is 9.59 Å². The summed E-state index contributed by atoms with van der Waals surface area (Å²) >= 11 is 1.65. The Hall–Kier alpha value is -3.05. The Morgan fingerprint density at radius 2 is 1.45 bits per heavy atom. The van der Waals surface area contributed by atoms with Gasteiger partial charge in [-0.1, -0.05) is 35.9 Å². The van der Waals surface area contributed by atoms with Gasteiger partial charge in [-0.2, -0.15) is 0 Å². The molecule has 0 aliphatic carbocycles. The van der Waals surface area contributed by atoms with Crippen LogP contribution in [-0.2, 0) is 9.59 Å². The maximum Gasteiger partial charge on any atom is 0.255 e. The predicted octanol–water partition coefficient (Wildman–Crippen LogP) is 5.45. The van der Waals surface area contributed by atoms with Gasteiger partial charge in [0, 0.05) is 16.3 Å². The Kier molecular flexibility index (Phi) is 5.88. The first-order valence-corrected chi connectivity index (χ1v) is 11.5. The van der Waals surface area contributed by atoms with Crippen molar-refractivity contribution in [2.45, 2.75) is 31.7 Å². The number of rotatable bonds is 4. The summed E-state index contributed by atoms with van der Waals surface area (Å²) in [6, 6.07) is 20.9. The number of anilines is 2. The summed E-state index contributed by atoms with van der Waals surface area (Å²) < 4.78 is 0. The number of amides is 2. The Morgan fingerprint density at radius 1 is 0.806 bits per heavy atom. The summed E-state index contributed by atoms with van der Waals surface area (Å²) in [6.07, 6.45) is 2.02. The van der Waals surface area contributed by atoms with Crippen LogP contribution in [0.15, 0.2) is 71.6 Å². The highest BCUT2D eigenvalue weighted by Crippen LogP contribution is 2.35. The molecule has 3 aromatic carbocycles. The molecule has 0 aromatic heterocycles. The molecule has 1 fully saturated rings. The number of carbonyl (C=O) groups is 2. The Bertz CT molecular complexity index is 1120. The van der Waals surface area contributed by atoms with Gasteiger partial charge in [0.15, 0.2) is 0 Å². The van der Waals surface area contributed by atoms with E-state index in [1.54, 1.807) is 21.6 Å². The maximum absolute atomic E-state index is 13.8. The number of piperazine rings is 1. The average Bonchev–Trinajstić information content (AvgIpc) is 2.77. The van der Waals surface area contributed by atoms with Crippen LogP contribution in [0, 0.1) is 20.8 Å². The Balaban J connectivity index is 1.81. The molecule has 0 radical (unpaired) electrons. The Morgan fingerprint density at radius 3 is 2.06 bits per heavy atom. The molecule has 1 aliphatic rings. The van der Waals surface area contributed by atoms with E-state index in [0.29, 0.717) is 0 Å². The molecule has 0 spiro atoms. The third kappa shape index (κ3) is 4.10. The molecule has 0 saturated carbocycles. The van der Waals surface area contributed by atoms with Gasteiger partial charge in [0.1, 0.15) is 12.6 Å². The van der Waals surface area contributed by atoms with E-state index in [2.05, 4.69) is 0 Å². The van der Waals surface area contributed by atoms with E-state index in [4.69, 9.17) is 0 Å². The number of thioether (sulfide) groups is 1. The van der Waals surface area contributed by atoms with Gasteiger partial charge in [0.2, 0.25) is 5.91 Å². The fourth-order valence-electron chi connectivity index (χ4n) is 3.88. The molecule has 4 rings (SSSR count). The third-order valence-electron chi connectivity index (χ3n) is 5.87. The van der Waals surface area contributed by atoms with Crippen molar-refractivity contribution in [2.24, 2.45) is 0 Å². The van der Waals surface area contributed by atoms with Crippen LogP contribution >= 0.6 is 11.8 Å². The third-order valence-corrected chi connectivity index (χ3v) is 6.61. The van der Waals surface area contributed by atoms with Gasteiger partial charge in [-0.05, 0) is 80.1 Å². The fraction of sp³-hybridized carbons (Fsp3) is 0.231. The lowest BCUT2D eigenvalue weighted by Gasteiger charge is -2.40. The van der Waals surface area contributed by atoms with Crippen LogP contribution in [0.2, 0.25) is 0 Å². The van der Waals surface area contributed by atoms with E-state index >= 15 is 0 Å². The molecule has 0 unspecified atom stereocenters. The summed E-state index contributed by atoms with van der Waals surface area (Å²) in [4.78, 5) is 31.6. The van der Waals surface area contributed by atoms with Gasteiger partial charge in [0.25, 0.3) is 5.91 Å². The van der Waals surface area contributed by atoms with Crippen LogP contribution in [0.3, 0.4) is 0 Å². The van der Waals surface area contributed by atoms with Gasteiger partial charge >= 0.3 is 0 Å². The molecule has 1 heterocycles. The van der Waals surface area contributed by atoms with Crippen LogP contribution in [-0.4, -0.2) is 24.6 Å². The summed E-state index contributed by atoms with van der Waals surface area (Å²) in [5.41, 5.74) is 5.67. The molecule has 1 atom stereocenters. The first-order chi connectivity index (χ1) is 14.9. The second-order valence-electron chi connectivity index (χ2n) is 7.97. The van der Waals surface area contributed by atoms with E-state index < -0.39 is 6.04 Å². The van der Waals surface area contributed by atoms with E-state index in [-0.39, 0.29) is 18.4 Å². The predicted molar refractivity (Wildman–Crippen MR) is 128 cm³/mol. The highest BCUT2D eigenvalue weighted by atomic mass is 32.2. The summed E-state index contributed by atoms with van der Waals surface area (Å²) in [5, 5.41) is 0. The Labute approximate surface area is 187 Å². The molecule has 31 heavy (non-hydrogen) atoms. The molecule has 0 N–H and O–H groups in total. The minimum Gasteiger partial charge on any atom is -0.301 e. The van der Waals surface area contributed by atoms with E-state index in [1.807, 2.05) is 93.8 Å². The smallest absolute Gasteiger partial charge is 0.255 e. The minimum absolute atomic E-state index is 0.0220. The molecule has 3 aromatic rings. The lowest BCUT2D eigenvalue weighted by Crippen LogP contribution is -2.56. The lowest BCUT2D eigenvalue weighted by atomic mass is 9.98. The van der Waals surface area contributed by atoms with Crippen LogP contribution < -0.4 is 9.80 Å². The SMILES string of the molecule is CSc1ccc([C@@H]2C(=O)N(c3ccc(C)cc3)CC(=O)N2c2ccc(C)c(C)c2)cc1. The second kappa shape index (κ2) is 8.60. The van der Waals surface area contributed by atoms with Crippen molar-refractivity contribution in [3.05, 3.63) is 89.0 Å². The van der Waals surface area contributed by atoms with Crippen molar-refractivity contribution in [1.29, 1.82) is 0 Å². The zero-order chi connectivity index (χ0) is 22.1. The van der Waals surface area contributed by atoms with Crippen molar-refractivity contribution >= 4 is 35.0 Å². The highest BCUT2D eigenvalue weighted by molar-refractivity contribution is 7.98. The number of nitrogens with zero attached hydrogens (tertiary/aromatic N) is 2. The van der Waals surface area contributed by atoms with Gasteiger partial charge in [-0.25, -0.2) is 0 Å². The van der Waals surface area contributed by atoms with Crippen molar-refractivity contribution < 1.29 is 9.59 Å². The summed E-state index contributed by atoms with van der Waals surface area (Å²) in [7, 11) is 0. The maximum atomic E-state index is 13.8. The first-order valence-electron chi connectivity index (χ1n) is 10.3. The number of aryl methyl sites for hydroxylation is 3. The largest absolute Gasteiger partial charge is 0.301 e. The van der Waals surface area contributed by atoms with Crippen molar-refractivity contribution in [2.75, 3.05) is 22.6 Å². The molecule has 4 nitrogen and oxygen atoms in total. The minimum atomic E-state index is -0.708. The molecule has 2 amide bonds. The van der Waals surface area contributed by atoms with Crippen molar-refractivity contribution in [3.8, 4) is 0 Å². The second-order valence-corrected chi connectivity index (χ2v) is 8.85. The molecule has 0 bridgehead atoms.